The lowest BCUT2D eigenvalue weighted by Gasteiger charge is -2.31. The third-order valence-corrected chi connectivity index (χ3v) is 10.3. The molecule has 0 spiro atoms. The highest BCUT2D eigenvalue weighted by atomic mass is 32.1. The summed E-state index contributed by atoms with van der Waals surface area (Å²) in [4.78, 5) is 59.3. The third kappa shape index (κ3) is 46.0. The number of thiol groups is 6. The van der Waals surface area contributed by atoms with Gasteiger partial charge >= 0.3 is 35.8 Å². The molecular formula is C34H70O19S6. The van der Waals surface area contributed by atoms with Crippen molar-refractivity contribution in [1.82, 2.24) is 0 Å². The highest BCUT2D eigenvalue weighted by Gasteiger charge is 2.32. The number of carbonyl (C=O) groups is 6. The normalized spacial score (nSPS) is 13.3. The Morgan fingerprint density at radius 1 is 0.356 bits per heavy atom. The van der Waals surface area contributed by atoms with Crippen molar-refractivity contribution in [2.45, 2.75) is 41.5 Å². The first kappa shape index (κ1) is 72.1. The summed E-state index contributed by atoms with van der Waals surface area (Å²) in [6, 6.07) is 0. The Balaban J connectivity index is -0.000000112. The second-order valence-electron chi connectivity index (χ2n) is 13.0. The molecule has 6 atom stereocenters. The predicted molar refractivity (Wildman–Crippen MR) is 242 cm³/mol. The topological polar surface area (TPSA) is 354 Å². The fourth-order valence-electron chi connectivity index (χ4n) is 1.53. The molecule has 0 aromatic carbocycles. The molecule has 0 aliphatic rings. The van der Waals surface area contributed by atoms with Crippen LogP contribution >= 0.6 is 75.8 Å². The number of carboxylic acids is 6. The molecule has 0 bridgehead atoms. The summed E-state index contributed by atoms with van der Waals surface area (Å²) in [5.74, 6) is -4.12. The van der Waals surface area contributed by atoms with Crippen LogP contribution in [0.1, 0.15) is 41.5 Å². The van der Waals surface area contributed by atoms with Gasteiger partial charge in [-0.05, 0) is 0 Å². The quantitative estimate of drug-likeness (QED) is 0.0666. The molecule has 0 aromatic rings. The van der Waals surface area contributed by atoms with Crippen LogP contribution in [0.15, 0.2) is 0 Å². The van der Waals surface area contributed by atoms with Crippen LogP contribution in [0, 0.1) is 46.3 Å². The van der Waals surface area contributed by atoms with Crippen molar-refractivity contribution in [2.75, 3.05) is 87.4 Å². The standard InChI is InChI=1S/C10H22O7.6C4H8O2S/c11-1-9(2-12,3-13)7-17-8-10(4-14,5-15)6-16;6*1-3(2-7)4(5)6/h11-16H,1-8H2;6*3,7H,2H2,1H3,(H,5,6). The fourth-order valence-corrected chi connectivity index (χ4v) is 2.46. The highest BCUT2D eigenvalue weighted by molar-refractivity contribution is 7.81. The van der Waals surface area contributed by atoms with E-state index in [1.165, 1.54) is 0 Å². The molecule has 25 heteroatoms. The second-order valence-corrected chi connectivity index (χ2v) is 15.2. The van der Waals surface area contributed by atoms with Crippen LogP contribution in [0.2, 0.25) is 0 Å². The van der Waals surface area contributed by atoms with E-state index in [-0.39, 0.29) is 48.7 Å². The van der Waals surface area contributed by atoms with Crippen molar-refractivity contribution in [3.05, 3.63) is 0 Å². The van der Waals surface area contributed by atoms with Crippen LogP contribution in [0.3, 0.4) is 0 Å². The van der Waals surface area contributed by atoms with Crippen molar-refractivity contribution >= 4 is 112 Å². The van der Waals surface area contributed by atoms with Gasteiger partial charge in [0.25, 0.3) is 0 Å². The Bertz CT molecular complexity index is 877. The Morgan fingerprint density at radius 3 is 0.525 bits per heavy atom. The van der Waals surface area contributed by atoms with Crippen LogP contribution in [-0.2, 0) is 33.5 Å². The molecule has 0 fully saturated rings. The van der Waals surface area contributed by atoms with Crippen molar-refractivity contribution in [1.29, 1.82) is 0 Å². The Kier molecular flexibility index (Phi) is 56.4. The smallest absolute Gasteiger partial charge is 0.307 e. The number of aliphatic hydroxyl groups is 6. The van der Waals surface area contributed by atoms with E-state index in [2.05, 4.69) is 75.8 Å². The predicted octanol–water partition coefficient (Wildman–Crippen LogP) is 0.751. The number of carboxylic acid groups (broad SMARTS) is 6. The van der Waals surface area contributed by atoms with Crippen LogP contribution in [0.25, 0.3) is 0 Å². The van der Waals surface area contributed by atoms with Gasteiger partial charge in [0.2, 0.25) is 0 Å². The van der Waals surface area contributed by atoms with Gasteiger partial charge in [-0.15, -0.1) is 0 Å². The molecule has 0 heterocycles. The van der Waals surface area contributed by atoms with Crippen molar-refractivity contribution in [3.63, 3.8) is 0 Å². The van der Waals surface area contributed by atoms with Gasteiger partial charge < -0.3 is 66.0 Å². The largest absolute Gasteiger partial charge is 0.481 e. The molecule has 0 aliphatic carbocycles. The average molecular weight is 975 g/mol. The number of hydrogen-bond donors (Lipinski definition) is 18. The molecule has 0 rings (SSSR count). The molecule has 12 N–H and O–H groups in total. The molecule has 0 aliphatic heterocycles. The first-order chi connectivity index (χ1) is 27.2. The summed E-state index contributed by atoms with van der Waals surface area (Å²) in [7, 11) is 0. The summed E-state index contributed by atoms with van der Waals surface area (Å²) < 4.78 is 5.15. The lowest BCUT2D eigenvalue weighted by atomic mass is 9.91. The van der Waals surface area contributed by atoms with E-state index in [9.17, 15) is 28.8 Å². The molecule has 0 amide bonds. The van der Waals surface area contributed by atoms with Gasteiger partial charge in [0, 0.05) is 34.5 Å². The molecule has 59 heavy (non-hydrogen) atoms. The van der Waals surface area contributed by atoms with Crippen molar-refractivity contribution < 1.29 is 94.8 Å². The minimum absolute atomic E-state index is 0.141. The monoisotopic (exact) mass is 974 g/mol. The minimum Gasteiger partial charge on any atom is -0.481 e. The third-order valence-electron chi connectivity index (χ3n) is 7.00. The maximum Gasteiger partial charge on any atom is 0.307 e. The highest BCUT2D eigenvalue weighted by Crippen LogP contribution is 2.19. The zero-order valence-electron chi connectivity index (χ0n) is 34.3. The summed E-state index contributed by atoms with van der Waals surface area (Å²) in [5.41, 5.74) is -2.32. The van der Waals surface area contributed by atoms with E-state index in [1.807, 2.05) is 0 Å². The number of aliphatic carboxylic acids is 6. The summed E-state index contributed by atoms with van der Waals surface area (Å²) in [6.45, 7) is 6.72. The van der Waals surface area contributed by atoms with E-state index >= 15 is 0 Å². The Labute approximate surface area is 379 Å². The lowest BCUT2D eigenvalue weighted by Crippen LogP contribution is -2.43. The fraction of sp³-hybridized carbons (Fsp3) is 0.824. The van der Waals surface area contributed by atoms with Gasteiger partial charge in [-0.3, -0.25) is 28.8 Å². The van der Waals surface area contributed by atoms with Crippen LogP contribution < -0.4 is 0 Å². The first-order valence-corrected chi connectivity index (χ1v) is 21.2. The second kappa shape index (κ2) is 46.2. The number of ether oxygens (including phenoxy) is 1. The van der Waals surface area contributed by atoms with E-state index in [1.54, 1.807) is 41.5 Å². The maximum atomic E-state index is 9.88. The number of aliphatic hydroxyl groups excluding tert-OH is 6. The van der Waals surface area contributed by atoms with E-state index in [4.69, 9.17) is 66.0 Å². The molecule has 0 saturated carbocycles. The van der Waals surface area contributed by atoms with E-state index in [0.29, 0.717) is 34.5 Å². The molecule has 356 valence electrons. The molecule has 0 saturated heterocycles. The zero-order valence-corrected chi connectivity index (χ0v) is 39.6. The summed E-state index contributed by atoms with van der Waals surface area (Å²) in [5, 5.41) is 103. The summed E-state index contributed by atoms with van der Waals surface area (Å²) in [6.07, 6.45) is 0. The minimum atomic E-state index is -1.16. The lowest BCUT2D eigenvalue weighted by molar-refractivity contribution is -0.141. The van der Waals surface area contributed by atoms with E-state index < -0.39 is 86.3 Å². The van der Waals surface area contributed by atoms with Gasteiger partial charge in [-0.2, -0.15) is 75.8 Å². The van der Waals surface area contributed by atoms with Crippen LogP contribution in [-0.4, -0.2) is 184 Å². The molecule has 0 radical (unpaired) electrons. The van der Waals surface area contributed by atoms with Gasteiger partial charge in [0.15, 0.2) is 0 Å². The average Bonchev–Trinajstić information content (AvgIpc) is 3.23. The van der Waals surface area contributed by atoms with Gasteiger partial charge in [-0.25, -0.2) is 0 Å². The first-order valence-electron chi connectivity index (χ1n) is 17.4. The molecule has 19 nitrogen and oxygen atoms in total. The number of hydrogen-bond acceptors (Lipinski definition) is 19. The molecule has 6 unspecified atom stereocenters. The maximum absolute atomic E-state index is 9.88. The molecular weight excluding hydrogens is 905 g/mol. The molecule has 0 aromatic heterocycles. The van der Waals surface area contributed by atoms with Gasteiger partial charge in [-0.1, -0.05) is 41.5 Å². The number of rotatable bonds is 22. The zero-order chi connectivity index (χ0) is 48.5. The van der Waals surface area contributed by atoms with Crippen molar-refractivity contribution in [3.8, 4) is 0 Å². The van der Waals surface area contributed by atoms with Crippen molar-refractivity contribution in [2.24, 2.45) is 46.3 Å². The summed E-state index contributed by atoms with van der Waals surface area (Å²) >= 11 is 22.6. The van der Waals surface area contributed by atoms with Crippen LogP contribution in [0.5, 0.6) is 0 Å². The van der Waals surface area contributed by atoms with Crippen LogP contribution in [0.4, 0.5) is 0 Å². The van der Waals surface area contributed by atoms with Gasteiger partial charge in [0.05, 0.1) is 99.2 Å². The Morgan fingerprint density at radius 2 is 0.475 bits per heavy atom. The Hall–Kier alpha value is -1.36. The van der Waals surface area contributed by atoms with E-state index in [0.717, 1.165) is 0 Å². The van der Waals surface area contributed by atoms with Gasteiger partial charge in [0.1, 0.15) is 0 Å². The SMILES string of the molecule is CC(CS)C(=O)O.CC(CS)C(=O)O.CC(CS)C(=O)O.CC(CS)C(=O)O.CC(CS)C(=O)O.CC(CS)C(=O)O.OCC(CO)(CO)COCC(CO)(CO)CO.